The molecule has 3 nitrogen and oxygen atoms in total. The number of benzene rings is 2. The fourth-order valence-electron chi connectivity index (χ4n) is 2.71. The van der Waals surface area contributed by atoms with E-state index in [2.05, 4.69) is 41.3 Å². The quantitative estimate of drug-likeness (QED) is 0.923. The third-order valence-electron chi connectivity index (χ3n) is 3.74. The van der Waals surface area contributed by atoms with Crippen LogP contribution in [-0.2, 0) is 6.54 Å². The first-order valence-corrected chi connectivity index (χ1v) is 7.34. The van der Waals surface area contributed by atoms with Gasteiger partial charge in [0.2, 0.25) is 0 Å². The van der Waals surface area contributed by atoms with Gasteiger partial charge in [0.25, 0.3) is 0 Å². The van der Waals surface area contributed by atoms with Crippen molar-refractivity contribution in [1.82, 2.24) is 4.90 Å². The predicted octanol–water partition coefficient (Wildman–Crippen LogP) is 3.70. The Morgan fingerprint density at radius 2 is 2.05 bits per heavy atom. The Morgan fingerprint density at radius 3 is 2.90 bits per heavy atom. The van der Waals surface area contributed by atoms with Gasteiger partial charge in [-0.25, -0.2) is 0 Å². The van der Waals surface area contributed by atoms with Gasteiger partial charge in [-0.15, -0.1) is 0 Å². The van der Waals surface area contributed by atoms with Gasteiger partial charge in [-0.3, -0.25) is 0 Å². The summed E-state index contributed by atoms with van der Waals surface area (Å²) in [7, 11) is 4.12. The van der Waals surface area contributed by atoms with Gasteiger partial charge < -0.3 is 15.1 Å². The third-order valence-corrected chi connectivity index (χ3v) is 3.74. The summed E-state index contributed by atoms with van der Waals surface area (Å²) in [6, 6.07) is 10.1. The van der Waals surface area contributed by atoms with Crippen molar-refractivity contribution in [3.05, 3.63) is 54.0 Å². The maximum absolute atomic E-state index is 8.25. The number of fused-ring (bicyclic) bond motifs is 2. The number of nitrogens with one attached hydrogen (secondary N) is 1. The first-order valence-electron chi connectivity index (χ1n) is 8.84. The second-order valence-electron chi connectivity index (χ2n) is 5.59. The van der Waals surface area contributed by atoms with Crippen molar-refractivity contribution in [3.63, 3.8) is 0 Å². The van der Waals surface area contributed by atoms with Crippen molar-refractivity contribution in [2.45, 2.75) is 13.0 Å². The first-order chi connectivity index (χ1) is 11.5. The Bertz CT molecular complexity index is 747. The molecular formula is C18H23N3. The normalized spacial score (nSPS) is 15.4. The van der Waals surface area contributed by atoms with Crippen molar-refractivity contribution in [3.8, 4) is 0 Å². The van der Waals surface area contributed by atoms with Gasteiger partial charge in [-0.1, -0.05) is 30.3 Å². The summed E-state index contributed by atoms with van der Waals surface area (Å²) < 4.78 is 24.2. The average molecular weight is 284 g/mol. The van der Waals surface area contributed by atoms with Crippen LogP contribution in [0, 0.1) is 0 Å². The van der Waals surface area contributed by atoms with E-state index in [0.717, 1.165) is 36.4 Å². The fourth-order valence-corrected chi connectivity index (χ4v) is 2.71. The lowest BCUT2D eigenvalue weighted by Gasteiger charge is -2.27. The third kappa shape index (κ3) is 3.03. The smallest absolute Gasteiger partial charge is 0.0646 e. The fraction of sp³-hybridized carbons (Fsp3) is 0.333. The monoisotopic (exact) mass is 284 g/mol. The number of hydrogen-bond donors (Lipinski definition) is 1. The second kappa shape index (κ2) is 6.19. The van der Waals surface area contributed by atoms with Crippen LogP contribution in [0.15, 0.2) is 48.5 Å². The van der Waals surface area contributed by atoms with E-state index in [-0.39, 0.29) is 18.1 Å². The molecular weight excluding hydrogens is 258 g/mol. The average Bonchev–Trinajstić information content (AvgIpc) is 2.70. The van der Waals surface area contributed by atoms with Crippen LogP contribution < -0.4 is 10.2 Å². The van der Waals surface area contributed by atoms with Crippen LogP contribution in [0.1, 0.15) is 16.1 Å². The molecule has 0 radical (unpaired) electrons. The highest BCUT2D eigenvalue weighted by atomic mass is 15.2. The van der Waals surface area contributed by atoms with Crippen molar-refractivity contribution in [1.29, 1.82) is 0 Å². The Hall–Kier alpha value is -2.00. The number of anilines is 3. The van der Waals surface area contributed by atoms with Gasteiger partial charge in [-0.05, 0) is 50.8 Å². The molecule has 1 aliphatic heterocycles. The lowest BCUT2D eigenvalue weighted by atomic mass is 10.1. The van der Waals surface area contributed by atoms with Gasteiger partial charge in [0.15, 0.2) is 0 Å². The summed E-state index contributed by atoms with van der Waals surface area (Å²) in [6.07, 6.45) is 0.976. The summed E-state index contributed by atoms with van der Waals surface area (Å²) in [5.74, 6) is 0. The minimum Gasteiger partial charge on any atom is -0.379 e. The van der Waals surface area contributed by atoms with E-state index in [4.69, 9.17) is 4.11 Å². The number of rotatable bonds is 4. The van der Waals surface area contributed by atoms with Crippen LogP contribution in [0.25, 0.3) is 0 Å². The molecule has 0 atom stereocenters. The molecule has 110 valence electrons. The minimum atomic E-state index is -0.0274. The standard InChI is InChI=1S/C18H23N3/c1-20(2)12-7-13-21-17-10-5-3-8-15(17)14-19-16-9-4-6-11-18(16)21/h3-6,8-11,19H,7,12-14H2,1-2H3/i4D,6D,9D. The zero-order valence-electron chi connectivity index (χ0n) is 15.6. The lowest BCUT2D eigenvalue weighted by Crippen LogP contribution is -2.23. The summed E-state index contributed by atoms with van der Waals surface area (Å²) in [5, 5.41) is 3.30. The number of nitrogens with zero attached hydrogens (tertiary/aromatic N) is 2. The van der Waals surface area contributed by atoms with E-state index >= 15 is 0 Å². The molecule has 1 N–H and O–H groups in total. The summed E-state index contributed by atoms with van der Waals surface area (Å²) in [6.45, 7) is 2.40. The van der Waals surface area contributed by atoms with E-state index in [1.54, 1.807) is 6.07 Å². The molecule has 3 heteroatoms. The summed E-state index contributed by atoms with van der Waals surface area (Å²) >= 11 is 0. The van der Waals surface area contributed by atoms with Crippen molar-refractivity contribution >= 4 is 17.1 Å². The van der Waals surface area contributed by atoms with Crippen LogP contribution in [0.3, 0.4) is 0 Å². The van der Waals surface area contributed by atoms with E-state index in [0.29, 0.717) is 12.2 Å². The van der Waals surface area contributed by atoms with Gasteiger partial charge in [0.05, 0.1) is 15.5 Å². The molecule has 1 heterocycles. The predicted molar refractivity (Wildman–Crippen MR) is 90.4 cm³/mol. The molecule has 0 aromatic heterocycles. The number of para-hydroxylation sites is 3. The SMILES string of the molecule is [2H]c1cc2c(c([2H])c1[2H])NCc1ccccc1N2CCCN(C)C. The Morgan fingerprint density at radius 1 is 1.19 bits per heavy atom. The van der Waals surface area contributed by atoms with Crippen molar-refractivity contribution in [2.75, 3.05) is 37.4 Å². The maximum Gasteiger partial charge on any atom is 0.0646 e. The zero-order chi connectivity index (χ0) is 17.3. The first kappa shape index (κ1) is 10.7. The van der Waals surface area contributed by atoms with Crippen LogP contribution in [0.2, 0.25) is 0 Å². The van der Waals surface area contributed by atoms with Crippen LogP contribution in [0.5, 0.6) is 0 Å². The van der Waals surface area contributed by atoms with Gasteiger partial charge in [0, 0.05) is 18.8 Å². The molecule has 2 aromatic rings. The van der Waals surface area contributed by atoms with E-state index < -0.39 is 0 Å². The molecule has 0 amide bonds. The van der Waals surface area contributed by atoms with Gasteiger partial charge in [-0.2, -0.15) is 0 Å². The summed E-state index contributed by atoms with van der Waals surface area (Å²) in [5.41, 5.74) is 3.75. The molecule has 0 saturated heterocycles. The van der Waals surface area contributed by atoms with Gasteiger partial charge >= 0.3 is 0 Å². The Labute approximate surface area is 131 Å². The highest BCUT2D eigenvalue weighted by molar-refractivity contribution is 5.80. The molecule has 1 aliphatic rings. The molecule has 0 bridgehead atoms. The molecule has 3 rings (SSSR count). The van der Waals surface area contributed by atoms with Crippen molar-refractivity contribution in [2.24, 2.45) is 0 Å². The second-order valence-corrected chi connectivity index (χ2v) is 5.59. The lowest BCUT2D eigenvalue weighted by molar-refractivity contribution is 0.402. The molecule has 0 saturated carbocycles. The van der Waals surface area contributed by atoms with Gasteiger partial charge in [0.1, 0.15) is 0 Å². The molecule has 2 aromatic carbocycles. The van der Waals surface area contributed by atoms with Crippen LogP contribution in [-0.4, -0.2) is 32.1 Å². The topological polar surface area (TPSA) is 18.5 Å². The molecule has 0 fully saturated rings. The zero-order valence-corrected chi connectivity index (χ0v) is 12.6. The molecule has 0 unspecified atom stereocenters. The van der Waals surface area contributed by atoms with Crippen LogP contribution >= 0.6 is 0 Å². The molecule has 0 aliphatic carbocycles. The molecule has 0 spiro atoms. The maximum atomic E-state index is 8.25. The number of hydrogen-bond acceptors (Lipinski definition) is 3. The summed E-state index contributed by atoms with van der Waals surface area (Å²) in [4.78, 5) is 4.34. The van der Waals surface area contributed by atoms with Crippen LogP contribution in [0.4, 0.5) is 17.1 Å². The van der Waals surface area contributed by atoms with Crippen molar-refractivity contribution < 1.29 is 4.11 Å². The van der Waals surface area contributed by atoms with E-state index in [9.17, 15) is 0 Å². The minimum absolute atomic E-state index is 0.0274. The highest BCUT2D eigenvalue weighted by Gasteiger charge is 2.19. The Kier molecular flexibility index (Phi) is 3.15. The van der Waals surface area contributed by atoms with E-state index in [1.807, 2.05) is 12.1 Å². The van der Waals surface area contributed by atoms with E-state index in [1.165, 1.54) is 0 Å². The largest absolute Gasteiger partial charge is 0.379 e. The molecule has 21 heavy (non-hydrogen) atoms. The highest BCUT2D eigenvalue weighted by Crippen LogP contribution is 2.37. The Balaban J connectivity index is 2.07.